The third kappa shape index (κ3) is 1.61. The van der Waals surface area contributed by atoms with Gasteiger partial charge >= 0.3 is 0 Å². The van der Waals surface area contributed by atoms with Gasteiger partial charge in [-0.15, -0.1) is 0 Å². The molecule has 0 spiro atoms. The number of rotatable bonds is 2. The normalized spacial score (nSPS) is 16.1. The minimum atomic E-state index is 0.195. The van der Waals surface area contributed by atoms with Gasteiger partial charge in [-0.05, 0) is 18.0 Å². The average molecular weight is 178 g/mol. The van der Waals surface area contributed by atoms with Crippen molar-refractivity contribution in [2.24, 2.45) is 0 Å². The van der Waals surface area contributed by atoms with Crippen LogP contribution in [0, 0.1) is 11.3 Å². The van der Waals surface area contributed by atoms with Crippen molar-refractivity contribution in [3.05, 3.63) is 5.89 Å². The fourth-order valence-corrected chi connectivity index (χ4v) is 1.43. The van der Waals surface area contributed by atoms with Crippen LogP contribution in [0.2, 0.25) is 0 Å². The second-order valence-electron chi connectivity index (χ2n) is 3.02. The summed E-state index contributed by atoms with van der Waals surface area (Å²) in [5.74, 6) is 1.03. The van der Waals surface area contributed by atoms with Crippen LogP contribution in [0.4, 0.5) is 5.95 Å². The molecule has 0 aromatic carbocycles. The molecule has 68 valence electrons. The van der Waals surface area contributed by atoms with Crippen LogP contribution in [-0.2, 0) is 6.42 Å². The van der Waals surface area contributed by atoms with E-state index in [2.05, 4.69) is 15.0 Å². The molecular formula is C8H10N4O. The highest BCUT2D eigenvalue weighted by molar-refractivity contribution is 5.29. The lowest BCUT2D eigenvalue weighted by Gasteiger charge is -2.09. The third-order valence-corrected chi connectivity index (χ3v) is 2.08. The summed E-state index contributed by atoms with van der Waals surface area (Å²) < 4.78 is 4.89. The Balaban J connectivity index is 2.08. The molecule has 0 saturated carbocycles. The first-order chi connectivity index (χ1) is 6.40. The third-order valence-electron chi connectivity index (χ3n) is 2.08. The van der Waals surface area contributed by atoms with Crippen LogP contribution in [0.15, 0.2) is 4.52 Å². The first-order valence-electron chi connectivity index (χ1n) is 4.34. The Kier molecular flexibility index (Phi) is 2.13. The lowest BCUT2D eigenvalue weighted by Crippen LogP contribution is -2.18. The Morgan fingerprint density at radius 1 is 1.46 bits per heavy atom. The topological polar surface area (TPSA) is 66.0 Å². The van der Waals surface area contributed by atoms with Crippen molar-refractivity contribution in [3.8, 4) is 6.07 Å². The monoisotopic (exact) mass is 178 g/mol. The zero-order valence-electron chi connectivity index (χ0n) is 7.23. The highest BCUT2D eigenvalue weighted by Crippen LogP contribution is 2.15. The van der Waals surface area contributed by atoms with Crippen LogP contribution in [0.3, 0.4) is 0 Å². The number of nitrogens with zero attached hydrogens (tertiary/aromatic N) is 4. The minimum absolute atomic E-state index is 0.195. The Morgan fingerprint density at radius 3 is 2.92 bits per heavy atom. The second kappa shape index (κ2) is 3.44. The highest BCUT2D eigenvalue weighted by atomic mass is 16.5. The SMILES string of the molecule is N#CCc1nc(N2CCCC2)no1. The smallest absolute Gasteiger partial charge is 0.266 e. The number of nitriles is 1. The van der Waals surface area contributed by atoms with Gasteiger partial charge in [-0.2, -0.15) is 10.2 Å². The lowest BCUT2D eigenvalue weighted by atomic mass is 10.4. The summed E-state index contributed by atoms with van der Waals surface area (Å²) in [6, 6.07) is 1.97. The molecule has 1 aliphatic heterocycles. The van der Waals surface area contributed by atoms with Crippen LogP contribution in [0.1, 0.15) is 18.7 Å². The first kappa shape index (κ1) is 8.05. The molecule has 5 nitrogen and oxygen atoms in total. The fourth-order valence-electron chi connectivity index (χ4n) is 1.43. The van der Waals surface area contributed by atoms with E-state index in [9.17, 15) is 0 Å². The van der Waals surface area contributed by atoms with Gasteiger partial charge in [0.2, 0.25) is 5.89 Å². The van der Waals surface area contributed by atoms with Crippen molar-refractivity contribution >= 4 is 5.95 Å². The molecule has 5 heteroatoms. The molecule has 0 aliphatic carbocycles. The van der Waals surface area contributed by atoms with Gasteiger partial charge in [0.15, 0.2) is 0 Å². The van der Waals surface area contributed by atoms with Gasteiger partial charge < -0.3 is 9.42 Å². The summed E-state index contributed by atoms with van der Waals surface area (Å²) in [5.41, 5.74) is 0. The summed E-state index contributed by atoms with van der Waals surface area (Å²) >= 11 is 0. The minimum Gasteiger partial charge on any atom is -0.338 e. The molecule has 1 aromatic heterocycles. The van der Waals surface area contributed by atoms with Gasteiger partial charge in [0.1, 0.15) is 6.42 Å². The molecule has 0 bridgehead atoms. The summed E-state index contributed by atoms with van der Waals surface area (Å²) in [6.07, 6.45) is 2.56. The number of aromatic nitrogens is 2. The molecule has 0 atom stereocenters. The second-order valence-corrected chi connectivity index (χ2v) is 3.02. The van der Waals surface area contributed by atoms with E-state index in [1.54, 1.807) is 0 Å². The van der Waals surface area contributed by atoms with Crippen LogP contribution in [0.5, 0.6) is 0 Å². The molecule has 1 fully saturated rings. The molecule has 13 heavy (non-hydrogen) atoms. The predicted octanol–water partition coefficient (Wildman–Crippen LogP) is 0.736. The van der Waals surface area contributed by atoms with E-state index < -0.39 is 0 Å². The molecular weight excluding hydrogens is 168 g/mol. The Hall–Kier alpha value is -1.57. The number of hydrogen-bond acceptors (Lipinski definition) is 5. The maximum absolute atomic E-state index is 8.40. The number of hydrogen-bond donors (Lipinski definition) is 0. The van der Waals surface area contributed by atoms with Crippen molar-refractivity contribution in [1.29, 1.82) is 5.26 Å². The quantitative estimate of drug-likeness (QED) is 0.668. The Labute approximate surface area is 76.0 Å². The zero-order chi connectivity index (χ0) is 9.10. The summed E-state index contributed by atoms with van der Waals surface area (Å²) in [5, 5.41) is 12.2. The van der Waals surface area contributed by atoms with E-state index in [4.69, 9.17) is 9.78 Å². The van der Waals surface area contributed by atoms with E-state index in [1.807, 2.05) is 6.07 Å². The maximum atomic E-state index is 8.40. The van der Waals surface area contributed by atoms with Crippen molar-refractivity contribution in [2.75, 3.05) is 18.0 Å². The molecule has 1 aliphatic rings. The average Bonchev–Trinajstić information content (AvgIpc) is 2.70. The van der Waals surface area contributed by atoms with Gasteiger partial charge in [0.05, 0.1) is 6.07 Å². The molecule has 0 unspecified atom stereocenters. The summed E-state index contributed by atoms with van der Waals surface area (Å²) in [7, 11) is 0. The van der Waals surface area contributed by atoms with E-state index in [1.165, 1.54) is 12.8 Å². The van der Waals surface area contributed by atoms with Crippen LogP contribution in [-0.4, -0.2) is 23.2 Å². The molecule has 0 amide bonds. The van der Waals surface area contributed by atoms with Crippen molar-refractivity contribution in [3.63, 3.8) is 0 Å². The van der Waals surface area contributed by atoms with Gasteiger partial charge in [-0.25, -0.2) is 0 Å². The van der Waals surface area contributed by atoms with Gasteiger partial charge in [0.25, 0.3) is 5.95 Å². The van der Waals surface area contributed by atoms with E-state index in [-0.39, 0.29) is 6.42 Å². The molecule has 1 saturated heterocycles. The van der Waals surface area contributed by atoms with E-state index in [0.29, 0.717) is 11.8 Å². The molecule has 2 heterocycles. The molecule has 2 rings (SSSR count). The van der Waals surface area contributed by atoms with Gasteiger partial charge in [0, 0.05) is 13.1 Å². The van der Waals surface area contributed by atoms with Crippen LogP contribution >= 0.6 is 0 Å². The molecule has 0 N–H and O–H groups in total. The summed E-state index contributed by atoms with van der Waals surface area (Å²) in [4.78, 5) is 6.18. The van der Waals surface area contributed by atoms with Crippen molar-refractivity contribution in [2.45, 2.75) is 19.3 Å². The van der Waals surface area contributed by atoms with E-state index >= 15 is 0 Å². The Morgan fingerprint density at radius 2 is 2.23 bits per heavy atom. The Bertz CT molecular complexity index is 321. The highest BCUT2D eigenvalue weighted by Gasteiger charge is 2.17. The predicted molar refractivity (Wildman–Crippen MR) is 45.1 cm³/mol. The van der Waals surface area contributed by atoms with E-state index in [0.717, 1.165) is 13.1 Å². The standard InChI is InChI=1S/C8H10N4O/c9-4-3-7-10-8(11-13-7)12-5-1-2-6-12/h1-3,5-6H2. The number of anilines is 1. The largest absolute Gasteiger partial charge is 0.338 e. The zero-order valence-corrected chi connectivity index (χ0v) is 7.23. The summed E-state index contributed by atoms with van der Waals surface area (Å²) in [6.45, 7) is 1.98. The fraction of sp³-hybridized carbons (Fsp3) is 0.625. The molecule has 1 aromatic rings. The first-order valence-corrected chi connectivity index (χ1v) is 4.34. The van der Waals surface area contributed by atoms with Crippen LogP contribution in [0.25, 0.3) is 0 Å². The van der Waals surface area contributed by atoms with Gasteiger partial charge in [-0.3, -0.25) is 0 Å². The van der Waals surface area contributed by atoms with Gasteiger partial charge in [-0.1, -0.05) is 0 Å². The lowest BCUT2D eigenvalue weighted by molar-refractivity contribution is 0.386. The van der Waals surface area contributed by atoms with Crippen molar-refractivity contribution < 1.29 is 4.52 Å². The molecule has 0 radical (unpaired) electrons. The maximum Gasteiger partial charge on any atom is 0.266 e. The van der Waals surface area contributed by atoms with Crippen LogP contribution < -0.4 is 4.90 Å². The van der Waals surface area contributed by atoms with Crippen molar-refractivity contribution in [1.82, 2.24) is 10.1 Å².